The van der Waals surface area contributed by atoms with E-state index in [1.54, 1.807) is 0 Å². The summed E-state index contributed by atoms with van der Waals surface area (Å²) in [5, 5.41) is 3.34. The third-order valence-corrected chi connectivity index (χ3v) is 3.02. The van der Waals surface area contributed by atoms with E-state index in [-0.39, 0.29) is 6.10 Å². The van der Waals surface area contributed by atoms with E-state index in [4.69, 9.17) is 9.47 Å². The third-order valence-electron chi connectivity index (χ3n) is 3.02. The molecular formula is C14H23N3O2. The monoisotopic (exact) mass is 265 g/mol. The number of hydrogen-bond acceptors (Lipinski definition) is 5. The molecule has 2 rings (SSSR count). The van der Waals surface area contributed by atoms with E-state index in [2.05, 4.69) is 15.3 Å². The number of nitrogens with zero attached hydrogens (tertiary/aromatic N) is 2. The minimum Gasteiger partial charge on any atom is -0.475 e. The number of aromatic nitrogens is 2. The molecule has 1 saturated carbocycles. The van der Waals surface area contributed by atoms with Crippen LogP contribution in [0.3, 0.4) is 0 Å². The van der Waals surface area contributed by atoms with Gasteiger partial charge in [-0.2, -0.15) is 4.98 Å². The van der Waals surface area contributed by atoms with Crippen molar-refractivity contribution in [3.63, 3.8) is 0 Å². The van der Waals surface area contributed by atoms with Crippen LogP contribution >= 0.6 is 0 Å². The second-order valence-corrected chi connectivity index (χ2v) is 5.23. The summed E-state index contributed by atoms with van der Waals surface area (Å²) in [6.07, 6.45) is 2.55. The Morgan fingerprint density at radius 2 is 2.11 bits per heavy atom. The largest absolute Gasteiger partial charge is 0.475 e. The van der Waals surface area contributed by atoms with Gasteiger partial charge in [-0.15, -0.1) is 0 Å². The van der Waals surface area contributed by atoms with E-state index >= 15 is 0 Å². The summed E-state index contributed by atoms with van der Waals surface area (Å²) in [6, 6.07) is 2.26. The van der Waals surface area contributed by atoms with Crippen molar-refractivity contribution in [3.8, 4) is 5.88 Å². The molecule has 1 fully saturated rings. The Morgan fingerprint density at radius 1 is 1.37 bits per heavy atom. The van der Waals surface area contributed by atoms with Crippen LogP contribution in [0.1, 0.15) is 39.3 Å². The molecule has 0 aromatic carbocycles. The normalized spacial score (nSPS) is 22.2. The van der Waals surface area contributed by atoms with Gasteiger partial charge in [0.2, 0.25) is 11.8 Å². The summed E-state index contributed by atoms with van der Waals surface area (Å²) in [6.45, 7) is 8.74. The van der Waals surface area contributed by atoms with Crippen LogP contribution in [0.25, 0.3) is 0 Å². The SMILES string of the molecule is CCOC1CC(Nc2nc(C)cc(OC(C)C)n2)C1. The van der Waals surface area contributed by atoms with Gasteiger partial charge >= 0.3 is 0 Å². The highest BCUT2D eigenvalue weighted by molar-refractivity contribution is 5.32. The van der Waals surface area contributed by atoms with Gasteiger partial charge in [-0.05, 0) is 40.5 Å². The van der Waals surface area contributed by atoms with Crippen molar-refractivity contribution >= 4 is 5.95 Å². The number of rotatable bonds is 6. The van der Waals surface area contributed by atoms with Crippen molar-refractivity contribution in [3.05, 3.63) is 11.8 Å². The molecule has 0 aliphatic heterocycles. The smallest absolute Gasteiger partial charge is 0.226 e. The Balaban J connectivity index is 1.92. The highest BCUT2D eigenvalue weighted by Gasteiger charge is 2.30. The van der Waals surface area contributed by atoms with Crippen LogP contribution in [0.4, 0.5) is 5.95 Å². The zero-order valence-electron chi connectivity index (χ0n) is 12.1. The quantitative estimate of drug-likeness (QED) is 0.856. The molecule has 0 atom stereocenters. The van der Waals surface area contributed by atoms with Gasteiger partial charge in [0.1, 0.15) is 0 Å². The van der Waals surface area contributed by atoms with Crippen molar-refractivity contribution in [1.82, 2.24) is 9.97 Å². The summed E-state index contributed by atoms with van der Waals surface area (Å²) in [5.41, 5.74) is 0.911. The van der Waals surface area contributed by atoms with Crippen molar-refractivity contribution < 1.29 is 9.47 Å². The second-order valence-electron chi connectivity index (χ2n) is 5.23. The maximum atomic E-state index is 5.61. The average molecular weight is 265 g/mol. The van der Waals surface area contributed by atoms with Crippen molar-refractivity contribution in [2.24, 2.45) is 0 Å². The first-order chi connectivity index (χ1) is 9.06. The second kappa shape index (κ2) is 6.19. The van der Waals surface area contributed by atoms with Crippen LogP contribution in [0.5, 0.6) is 5.88 Å². The first-order valence-electron chi connectivity index (χ1n) is 6.97. The van der Waals surface area contributed by atoms with E-state index in [0.717, 1.165) is 25.1 Å². The minimum absolute atomic E-state index is 0.119. The lowest BCUT2D eigenvalue weighted by atomic mass is 9.89. The van der Waals surface area contributed by atoms with Gasteiger partial charge < -0.3 is 14.8 Å². The molecule has 0 saturated heterocycles. The fourth-order valence-electron chi connectivity index (χ4n) is 2.14. The lowest BCUT2D eigenvalue weighted by Gasteiger charge is -2.35. The topological polar surface area (TPSA) is 56.3 Å². The molecule has 1 aliphatic carbocycles. The van der Waals surface area contributed by atoms with Crippen LogP contribution in [-0.4, -0.2) is 34.8 Å². The van der Waals surface area contributed by atoms with Gasteiger partial charge in [0.25, 0.3) is 0 Å². The first kappa shape index (κ1) is 14.1. The maximum absolute atomic E-state index is 5.61. The molecule has 1 aliphatic rings. The van der Waals surface area contributed by atoms with Gasteiger partial charge in [-0.1, -0.05) is 0 Å². The van der Waals surface area contributed by atoms with E-state index in [1.807, 2.05) is 33.8 Å². The molecule has 1 heterocycles. The third kappa shape index (κ3) is 4.06. The summed E-state index contributed by atoms with van der Waals surface area (Å²) in [5.74, 6) is 1.28. The predicted molar refractivity (Wildman–Crippen MR) is 74.6 cm³/mol. The number of anilines is 1. The highest BCUT2D eigenvalue weighted by Crippen LogP contribution is 2.26. The molecule has 0 amide bonds. The van der Waals surface area contributed by atoms with E-state index < -0.39 is 0 Å². The Labute approximate surface area is 114 Å². The van der Waals surface area contributed by atoms with Crippen molar-refractivity contribution in [2.45, 2.75) is 58.8 Å². The van der Waals surface area contributed by atoms with Crippen LogP contribution in [0.15, 0.2) is 6.07 Å². The number of hydrogen-bond donors (Lipinski definition) is 1. The number of aryl methyl sites for hydroxylation is 1. The number of nitrogens with one attached hydrogen (secondary N) is 1. The molecule has 1 aromatic rings. The zero-order chi connectivity index (χ0) is 13.8. The van der Waals surface area contributed by atoms with Crippen molar-refractivity contribution in [1.29, 1.82) is 0 Å². The van der Waals surface area contributed by atoms with Crippen LogP contribution in [0, 0.1) is 6.92 Å². The molecule has 0 spiro atoms. The molecule has 0 bridgehead atoms. The Hall–Kier alpha value is -1.36. The molecule has 1 aromatic heterocycles. The standard InChI is InChI=1S/C14H23N3O2/c1-5-18-12-7-11(8-12)16-14-15-10(4)6-13(17-14)19-9(2)3/h6,9,11-12H,5,7-8H2,1-4H3,(H,15,16,17). The van der Waals surface area contributed by atoms with Crippen LogP contribution in [-0.2, 0) is 4.74 Å². The molecule has 5 heteroatoms. The molecule has 0 radical (unpaired) electrons. The van der Waals surface area contributed by atoms with Gasteiger partial charge in [-0.25, -0.2) is 4.98 Å². The highest BCUT2D eigenvalue weighted by atomic mass is 16.5. The number of ether oxygens (including phenoxy) is 2. The lowest BCUT2D eigenvalue weighted by molar-refractivity contribution is 0.00284. The molecule has 1 N–H and O–H groups in total. The molecule has 5 nitrogen and oxygen atoms in total. The fraction of sp³-hybridized carbons (Fsp3) is 0.714. The molecular weight excluding hydrogens is 242 g/mol. The summed E-state index contributed by atoms with van der Waals surface area (Å²) in [4.78, 5) is 8.77. The zero-order valence-corrected chi connectivity index (χ0v) is 12.1. The van der Waals surface area contributed by atoms with E-state index in [9.17, 15) is 0 Å². The predicted octanol–water partition coefficient (Wildman–Crippen LogP) is 2.55. The Kier molecular flexibility index (Phi) is 4.58. The van der Waals surface area contributed by atoms with Gasteiger partial charge in [0.05, 0.1) is 12.2 Å². The maximum Gasteiger partial charge on any atom is 0.226 e. The Bertz CT molecular complexity index is 417. The fourth-order valence-corrected chi connectivity index (χ4v) is 2.14. The van der Waals surface area contributed by atoms with Gasteiger partial charge in [0, 0.05) is 24.4 Å². The molecule has 0 unspecified atom stereocenters. The molecule has 106 valence electrons. The van der Waals surface area contributed by atoms with Gasteiger partial charge in [0.15, 0.2) is 0 Å². The summed E-state index contributed by atoms with van der Waals surface area (Å²) < 4.78 is 11.2. The van der Waals surface area contributed by atoms with E-state index in [1.165, 1.54) is 0 Å². The lowest BCUT2D eigenvalue weighted by Crippen LogP contribution is -2.41. The summed E-state index contributed by atoms with van der Waals surface area (Å²) >= 11 is 0. The van der Waals surface area contributed by atoms with Crippen molar-refractivity contribution in [2.75, 3.05) is 11.9 Å². The van der Waals surface area contributed by atoms with Gasteiger partial charge in [-0.3, -0.25) is 0 Å². The van der Waals surface area contributed by atoms with E-state index in [0.29, 0.717) is 24.0 Å². The molecule has 19 heavy (non-hydrogen) atoms. The average Bonchev–Trinajstić information content (AvgIpc) is 2.24. The summed E-state index contributed by atoms with van der Waals surface area (Å²) in [7, 11) is 0. The minimum atomic E-state index is 0.119. The Morgan fingerprint density at radius 3 is 2.74 bits per heavy atom. The van der Waals surface area contributed by atoms with Crippen LogP contribution < -0.4 is 10.1 Å². The van der Waals surface area contributed by atoms with Crippen LogP contribution in [0.2, 0.25) is 0 Å². The first-order valence-corrected chi connectivity index (χ1v) is 6.97.